The maximum absolute atomic E-state index is 2.41. The van der Waals surface area contributed by atoms with Crippen molar-refractivity contribution in [2.24, 2.45) is 0 Å². The molecule has 0 atom stereocenters. The van der Waals surface area contributed by atoms with Crippen molar-refractivity contribution in [2.75, 3.05) is 4.90 Å². The molecule has 202 valence electrons. The van der Waals surface area contributed by atoms with Crippen LogP contribution in [0.15, 0.2) is 152 Å². The van der Waals surface area contributed by atoms with Crippen LogP contribution in [-0.4, -0.2) is 0 Å². The topological polar surface area (TPSA) is 3.24 Å². The lowest BCUT2D eigenvalue weighted by Crippen LogP contribution is -2.10. The summed E-state index contributed by atoms with van der Waals surface area (Å²) >= 11 is 3.76. The first-order chi connectivity index (χ1) is 21.3. The summed E-state index contributed by atoms with van der Waals surface area (Å²) in [7, 11) is 0. The molecule has 0 saturated heterocycles. The molecule has 0 spiro atoms. The molecule has 0 radical (unpaired) electrons. The molecular weight excluding hydrogens is 559 g/mol. The van der Waals surface area contributed by atoms with Crippen LogP contribution in [0.2, 0.25) is 0 Å². The van der Waals surface area contributed by atoms with Gasteiger partial charge in [0.15, 0.2) is 0 Å². The van der Waals surface area contributed by atoms with Gasteiger partial charge in [-0.3, -0.25) is 0 Å². The van der Waals surface area contributed by atoms with Gasteiger partial charge in [0.05, 0.1) is 5.69 Å². The van der Waals surface area contributed by atoms with E-state index < -0.39 is 0 Å². The van der Waals surface area contributed by atoms with Crippen molar-refractivity contribution in [3.63, 3.8) is 0 Å². The summed E-state index contributed by atoms with van der Waals surface area (Å²) in [5.41, 5.74) is 6.01. The van der Waals surface area contributed by atoms with Crippen LogP contribution in [0.5, 0.6) is 0 Å². The van der Waals surface area contributed by atoms with Gasteiger partial charge in [-0.15, -0.1) is 22.7 Å². The monoisotopic (exact) mass is 583 g/mol. The molecule has 3 heteroatoms. The SMILES string of the molecule is c1ccc(N(c2ccc(-c3cccc4c3sc3ccccc34)cc2)c2cccc3sc4cc5ccccc5cc4c23)cc1. The van der Waals surface area contributed by atoms with Crippen molar-refractivity contribution in [3.8, 4) is 11.1 Å². The quantitative estimate of drug-likeness (QED) is 0.199. The van der Waals surface area contributed by atoms with E-state index in [1.165, 1.54) is 67.9 Å². The van der Waals surface area contributed by atoms with E-state index in [0.29, 0.717) is 0 Å². The van der Waals surface area contributed by atoms with Gasteiger partial charge in [-0.05, 0) is 76.5 Å². The third-order valence-electron chi connectivity index (χ3n) is 8.44. The van der Waals surface area contributed by atoms with Gasteiger partial charge in [-0.25, -0.2) is 0 Å². The molecule has 0 aliphatic carbocycles. The number of hydrogen-bond donors (Lipinski definition) is 0. The Kier molecular flexibility index (Phi) is 5.62. The molecule has 7 aromatic carbocycles. The van der Waals surface area contributed by atoms with Gasteiger partial charge in [0.1, 0.15) is 0 Å². The van der Waals surface area contributed by atoms with Gasteiger partial charge in [-0.2, -0.15) is 0 Å². The Morgan fingerprint density at radius 1 is 0.419 bits per heavy atom. The minimum atomic E-state index is 1.14. The van der Waals surface area contributed by atoms with E-state index in [1.54, 1.807) is 0 Å². The van der Waals surface area contributed by atoms with E-state index in [9.17, 15) is 0 Å². The molecule has 43 heavy (non-hydrogen) atoms. The van der Waals surface area contributed by atoms with E-state index in [0.717, 1.165) is 11.4 Å². The van der Waals surface area contributed by atoms with Crippen LogP contribution in [-0.2, 0) is 0 Å². The molecule has 0 N–H and O–H groups in total. The molecule has 0 bridgehead atoms. The highest BCUT2D eigenvalue weighted by molar-refractivity contribution is 7.26. The second-order valence-electron chi connectivity index (χ2n) is 10.9. The van der Waals surface area contributed by atoms with E-state index in [-0.39, 0.29) is 0 Å². The molecule has 2 heterocycles. The molecule has 0 aliphatic heterocycles. The molecule has 2 aromatic heterocycles. The number of thiophene rings is 2. The van der Waals surface area contributed by atoms with Crippen molar-refractivity contribution < 1.29 is 0 Å². The number of nitrogens with zero attached hydrogens (tertiary/aromatic N) is 1. The summed E-state index contributed by atoms with van der Waals surface area (Å²) in [4.78, 5) is 2.41. The second kappa shape index (κ2) is 9.81. The summed E-state index contributed by atoms with van der Waals surface area (Å²) < 4.78 is 5.30. The highest BCUT2D eigenvalue weighted by Crippen LogP contribution is 2.46. The average Bonchev–Trinajstić information content (AvgIpc) is 3.63. The molecular formula is C40H25NS2. The lowest BCUT2D eigenvalue weighted by molar-refractivity contribution is 1.30. The molecule has 0 fully saturated rings. The third kappa shape index (κ3) is 3.97. The Morgan fingerprint density at radius 2 is 1.09 bits per heavy atom. The highest BCUT2D eigenvalue weighted by Gasteiger charge is 2.19. The Morgan fingerprint density at radius 3 is 1.95 bits per heavy atom. The standard InChI is InChI=1S/C40H25NS2/c1-2-12-29(13-3-1)41(35-17-9-19-37-39(35)34-24-27-10-4-5-11-28(27)25-38(34)42-37)30-22-20-26(21-23-30)31-15-8-16-33-32-14-6-7-18-36(32)43-40(31)33/h1-25H. The zero-order chi connectivity index (χ0) is 28.3. The molecule has 1 nitrogen and oxygen atoms in total. The maximum atomic E-state index is 2.41. The zero-order valence-corrected chi connectivity index (χ0v) is 24.8. The molecule has 0 aliphatic rings. The Balaban J connectivity index is 1.23. The lowest BCUT2D eigenvalue weighted by Gasteiger charge is -2.26. The number of para-hydroxylation sites is 1. The summed E-state index contributed by atoms with van der Waals surface area (Å²) in [6, 6.07) is 55.4. The van der Waals surface area contributed by atoms with E-state index in [1.807, 2.05) is 22.7 Å². The average molecular weight is 584 g/mol. The third-order valence-corrected chi connectivity index (χ3v) is 10.8. The minimum absolute atomic E-state index is 1.14. The van der Waals surface area contributed by atoms with Crippen LogP contribution in [0.25, 0.3) is 62.2 Å². The van der Waals surface area contributed by atoms with E-state index >= 15 is 0 Å². The number of benzene rings is 7. The van der Waals surface area contributed by atoms with Gasteiger partial charge in [0, 0.05) is 51.7 Å². The highest BCUT2D eigenvalue weighted by atomic mass is 32.1. The van der Waals surface area contributed by atoms with E-state index in [4.69, 9.17) is 0 Å². The molecule has 0 unspecified atom stereocenters. The van der Waals surface area contributed by atoms with Crippen molar-refractivity contribution in [1.29, 1.82) is 0 Å². The van der Waals surface area contributed by atoms with Gasteiger partial charge >= 0.3 is 0 Å². The predicted octanol–water partition coefficient (Wildman–Crippen LogP) is 12.7. The summed E-state index contributed by atoms with van der Waals surface area (Å²) in [5.74, 6) is 0. The number of hydrogen-bond acceptors (Lipinski definition) is 3. The Hall–Kier alpha value is -4.96. The molecule has 0 saturated carbocycles. The fourth-order valence-corrected chi connectivity index (χ4v) is 8.84. The van der Waals surface area contributed by atoms with Gasteiger partial charge in [0.25, 0.3) is 0 Å². The van der Waals surface area contributed by atoms with Gasteiger partial charge in [-0.1, -0.05) is 97.1 Å². The Bertz CT molecular complexity index is 2450. The summed E-state index contributed by atoms with van der Waals surface area (Å²) in [6.45, 7) is 0. The minimum Gasteiger partial charge on any atom is -0.310 e. The van der Waals surface area contributed by atoms with Crippen LogP contribution >= 0.6 is 22.7 Å². The van der Waals surface area contributed by atoms with Crippen molar-refractivity contribution in [3.05, 3.63) is 152 Å². The van der Waals surface area contributed by atoms with Crippen molar-refractivity contribution >= 4 is 90.9 Å². The van der Waals surface area contributed by atoms with Gasteiger partial charge < -0.3 is 4.90 Å². The fourth-order valence-electron chi connectivity index (χ4n) is 6.45. The summed E-state index contributed by atoms with van der Waals surface area (Å²) in [5, 5.41) is 7.83. The predicted molar refractivity (Wildman–Crippen MR) is 190 cm³/mol. The maximum Gasteiger partial charge on any atom is 0.0554 e. The lowest BCUT2D eigenvalue weighted by atomic mass is 10.0. The van der Waals surface area contributed by atoms with Crippen LogP contribution in [0.1, 0.15) is 0 Å². The molecule has 9 rings (SSSR count). The van der Waals surface area contributed by atoms with Crippen LogP contribution < -0.4 is 4.90 Å². The van der Waals surface area contributed by atoms with Crippen LogP contribution in [0.3, 0.4) is 0 Å². The second-order valence-corrected chi connectivity index (χ2v) is 13.1. The Labute approximate surface area is 257 Å². The first kappa shape index (κ1) is 24.6. The largest absolute Gasteiger partial charge is 0.310 e. The number of fused-ring (bicyclic) bond motifs is 7. The number of anilines is 3. The smallest absolute Gasteiger partial charge is 0.0554 e. The fraction of sp³-hybridized carbons (Fsp3) is 0. The van der Waals surface area contributed by atoms with Crippen molar-refractivity contribution in [1.82, 2.24) is 0 Å². The van der Waals surface area contributed by atoms with Crippen LogP contribution in [0, 0.1) is 0 Å². The molecule has 9 aromatic rings. The normalized spacial score (nSPS) is 11.7. The van der Waals surface area contributed by atoms with Crippen molar-refractivity contribution in [2.45, 2.75) is 0 Å². The first-order valence-electron chi connectivity index (χ1n) is 14.5. The first-order valence-corrected chi connectivity index (χ1v) is 16.1. The molecule has 0 amide bonds. The number of rotatable bonds is 4. The van der Waals surface area contributed by atoms with Gasteiger partial charge in [0.2, 0.25) is 0 Å². The van der Waals surface area contributed by atoms with E-state index in [2.05, 4.69) is 157 Å². The summed E-state index contributed by atoms with van der Waals surface area (Å²) in [6.07, 6.45) is 0. The zero-order valence-electron chi connectivity index (χ0n) is 23.2. The van der Waals surface area contributed by atoms with Crippen LogP contribution in [0.4, 0.5) is 17.1 Å².